The number of carbonyl (C=O) groups is 2. The molecule has 2 fully saturated rings. The third-order valence-electron chi connectivity index (χ3n) is 4.80. The average molecular weight is 383 g/mol. The van der Waals surface area contributed by atoms with Gasteiger partial charge in [-0.15, -0.1) is 0 Å². The fourth-order valence-corrected chi connectivity index (χ4v) is 3.92. The highest BCUT2D eigenvalue weighted by atomic mass is 35.5. The fraction of sp³-hybridized carbons (Fsp3) is 0.529. The Kier molecular flexibility index (Phi) is 4.66. The number of rotatable bonds is 3. The molecule has 0 saturated carbocycles. The lowest BCUT2D eigenvalue weighted by atomic mass is 9.75. The number of nitrogens with zero attached hydrogens (tertiary/aromatic N) is 1. The number of carbonyl (C=O) groups excluding carboxylic acids is 2. The summed E-state index contributed by atoms with van der Waals surface area (Å²) in [7, 11) is 0. The van der Waals surface area contributed by atoms with Crippen molar-refractivity contribution in [1.82, 2.24) is 0 Å². The summed E-state index contributed by atoms with van der Waals surface area (Å²) in [5.74, 6) is -1.68. The van der Waals surface area contributed by atoms with Gasteiger partial charge in [-0.2, -0.15) is 0 Å². The first-order chi connectivity index (χ1) is 12.1. The normalized spacial score (nSPS) is 27.2. The molecule has 1 spiro atoms. The Balaban J connectivity index is 1.87. The van der Waals surface area contributed by atoms with Gasteiger partial charge in [-0.3, -0.25) is 19.7 Å². The number of ether oxygens (including phenoxy) is 2. The number of benzene rings is 1. The lowest BCUT2D eigenvalue weighted by Crippen LogP contribution is -2.52. The smallest absolute Gasteiger partial charge is 0.307 e. The molecule has 2 aliphatic heterocycles. The Morgan fingerprint density at radius 1 is 1.42 bits per heavy atom. The van der Waals surface area contributed by atoms with Crippen LogP contribution in [0.5, 0.6) is 0 Å². The molecule has 2 saturated heterocycles. The Morgan fingerprint density at radius 3 is 2.81 bits per heavy atom. The van der Waals surface area contributed by atoms with E-state index in [4.69, 9.17) is 21.1 Å². The zero-order valence-electron chi connectivity index (χ0n) is 14.4. The monoisotopic (exact) mass is 382 g/mol. The Hall–Kier alpha value is -2.19. The van der Waals surface area contributed by atoms with Gasteiger partial charge in [-0.05, 0) is 26.0 Å². The lowest BCUT2D eigenvalue weighted by Gasteiger charge is -2.43. The molecule has 0 radical (unpaired) electrons. The van der Waals surface area contributed by atoms with Gasteiger partial charge in [0.05, 0.1) is 29.5 Å². The van der Waals surface area contributed by atoms with Crippen molar-refractivity contribution in [1.29, 1.82) is 0 Å². The Bertz CT molecular complexity index is 781. The maximum Gasteiger partial charge on any atom is 0.307 e. The molecule has 8 nitrogen and oxygen atoms in total. The van der Waals surface area contributed by atoms with Gasteiger partial charge in [0.15, 0.2) is 0 Å². The van der Waals surface area contributed by atoms with Crippen LogP contribution < -0.4 is 5.32 Å². The standard InChI is InChI=1S/C17H19ClN2O6/c1-16(2)9-17(5-6-25-16)11(8-14(21)26-17)15(22)19-12-4-3-10(18)7-13(12)20(23)24/h3-4,7,11H,5-6,8-9H2,1-2H3,(H,19,22)/t11-,17-/m0/s1. The molecule has 1 N–H and O–H groups in total. The second-order valence-electron chi connectivity index (χ2n) is 7.24. The van der Waals surface area contributed by atoms with Crippen molar-refractivity contribution in [3.8, 4) is 0 Å². The maximum absolute atomic E-state index is 12.9. The van der Waals surface area contributed by atoms with Crippen molar-refractivity contribution in [3.63, 3.8) is 0 Å². The number of nitro benzene ring substituents is 1. The minimum Gasteiger partial charge on any atom is -0.458 e. The van der Waals surface area contributed by atoms with E-state index in [1.807, 2.05) is 13.8 Å². The Labute approximate surface area is 154 Å². The number of nitrogens with one attached hydrogen (secondary N) is 1. The highest BCUT2D eigenvalue weighted by Gasteiger charge is 2.56. The second kappa shape index (κ2) is 6.51. The number of amides is 1. The molecule has 0 aliphatic carbocycles. The van der Waals surface area contributed by atoms with E-state index < -0.39 is 33.9 Å². The summed E-state index contributed by atoms with van der Waals surface area (Å²) in [4.78, 5) is 35.4. The molecule has 9 heteroatoms. The van der Waals surface area contributed by atoms with Gasteiger partial charge in [0.2, 0.25) is 5.91 Å². The zero-order chi connectivity index (χ0) is 19.1. The molecule has 1 aromatic carbocycles. The maximum atomic E-state index is 12.9. The third kappa shape index (κ3) is 3.52. The predicted molar refractivity (Wildman–Crippen MR) is 92.9 cm³/mol. The highest BCUT2D eigenvalue weighted by molar-refractivity contribution is 6.31. The SMILES string of the molecule is CC1(C)C[C@]2(CCO1)OC(=O)C[C@H]2C(=O)Nc1ccc(Cl)cc1[N+](=O)[O-]. The van der Waals surface area contributed by atoms with Crippen LogP contribution in [0.3, 0.4) is 0 Å². The van der Waals surface area contributed by atoms with Crippen molar-refractivity contribution < 1.29 is 24.0 Å². The summed E-state index contributed by atoms with van der Waals surface area (Å²) < 4.78 is 11.2. The van der Waals surface area contributed by atoms with E-state index in [0.29, 0.717) is 19.4 Å². The van der Waals surface area contributed by atoms with Gasteiger partial charge in [0.1, 0.15) is 11.3 Å². The molecule has 0 bridgehead atoms. The first-order valence-corrected chi connectivity index (χ1v) is 8.60. The summed E-state index contributed by atoms with van der Waals surface area (Å²) in [5, 5.41) is 14.0. The van der Waals surface area contributed by atoms with Crippen molar-refractivity contribution in [2.75, 3.05) is 11.9 Å². The summed E-state index contributed by atoms with van der Waals surface area (Å²) in [5.41, 5.74) is -1.76. The topological polar surface area (TPSA) is 108 Å². The van der Waals surface area contributed by atoms with Gasteiger partial charge in [0, 0.05) is 23.9 Å². The number of anilines is 1. The van der Waals surface area contributed by atoms with Crippen molar-refractivity contribution in [2.45, 2.75) is 44.3 Å². The second-order valence-corrected chi connectivity index (χ2v) is 7.67. The number of halogens is 1. The van der Waals surface area contributed by atoms with Crippen LogP contribution in [0.2, 0.25) is 5.02 Å². The largest absolute Gasteiger partial charge is 0.458 e. The quantitative estimate of drug-likeness (QED) is 0.489. The first-order valence-electron chi connectivity index (χ1n) is 8.22. The summed E-state index contributed by atoms with van der Waals surface area (Å²) >= 11 is 5.80. The summed E-state index contributed by atoms with van der Waals surface area (Å²) in [6, 6.07) is 3.99. The molecule has 26 heavy (non-hydrogen) atoms. The minimum atomic E-state index is -0.954. The molecule has 0 unspecified atom stereocenters. The Morgan fingerprint density at radius 2 is 2.15 bits per heavy atom. The van der Waals surface area contributed by atoms with Crippen LogP contribution in [0, 0.1) is 16.0 Å². The van der Waals surface area contributed by atoms with Gasteiger partial charge < -0.3 is 14.8 Å². The van der Waals surface area contributed by atoms with Gasteiger partial charge in [-0.25, -0.2) is 0 Å². The lowest BCUT2D eigenvalue weighted by molar-refractivity contribution is -0.383. The van der Waals surface area contributed by atoms with Crippen molar-refractivity contribution >= 4 is 34.9 Å². The number of nitro groups is 1. The summed E-state index contributed by atoms with van der Waals surface area (Å²) in [6.45, 7) is 4.11. The first kappa shape index (κ1) is 18.6. The molecule has 140 valence electrons. The average Bonchev–Trinajstić information content (AvgIpc) is 2.83. The van der Waals surface area contributed by atoms with Crippen molar-refractivity contribution in [3.05, 3.63) is 33.3 Å². The van der Waals surface area contributed by atoms with Crippen LogP contribution in [0.1, 0.15) is 33.1 Å². The predicted octanol–water partition coefficient (Wildman–Crippen LogP) is 3.08. The molecule has 2 aliphatic rings. The number of hydrogen-bond donors (Lipinski definition) is 1. The van der Waals surface area contributed by atoms with Crippen LogP contribution in [-0.2, 0) is 19.1 Å². The zero-order valence-corrected chi connectivity index (χ0v) is 15.2. The molecular formula is C17H19ClN2O6. The molecule has 1 aromatic rings. The van der Waals surface area contributed by atoms with Gasteiger partial charge in [0.25, 0.3) is 5.69 Å². The minimum absolute atomic E-state index is 0.0326. The van der Waals surface area contributed by atoms with E-state index in [1.54, 1.807) is 0 Å². The molecule has 0 aromatic heterocycles. The van der Waals surface area contributed by atoms with E-state index in [1.165, 1.54) is 18.2 Å². The van der Waals surface area contributed by atoms with Crippen LogP contribution in [-0.4, -0.2) is 34.6 Å². The molecule has 2 atom stereocenters. The van der Waals surface area contributed by atoms with Crippen LogP contribution in [0.15, 0.2) is 18.2 Å². The van der Waals surface area contributed by atoms with Gasteiger partial charge in [-0.1, -0.05) is 11.6 Å². The highest BCUT2D eigenvalue weighted by Crippen LogP contribution is 2.46. The summed E-state index contributed by atoms with van der Waals surface area (Å²) in [6.07, 6.45) is 0.721. The van der Waals surface area contributed by atoms with E-state index >= 15 is 0 Å². The number of hydrogen-bond acceptors (Lipinski definition) is 6. The fourth-order valence-electron chi connectivity index (χ4n) is 3.75. The third-order valence-corrected chi connectivity index (χ3v) is 5.03. The molecule has 2 heterocycles. The van der Waals surface area contributed by atoms with Gasteiger partial charge >= 0.3 is 5.97 Å². The van der Waals surface area contributed by atoms with Crippen molar-refractivity contribution in [2.24, 2.45) is 5.92 Å². The molecular weight excluding hydrogens is 364 g/mol. The van der Waals surface area contributed by atoms with E-state index in [-0.39, 0.29) is 22.8 Å². The number of esters is 1. The van der Waals surface area contributed by atoms with E-state index in [0.717, 1.165) is 0 Å². The van der Waals surface area contributed by atoms with Crippen LogP contribution in [0.4, 0.5) is 11.4 Å². The van der Waals surface area contributed by atoms with E-state index in [2.05, 4.69) is 5.32 Å². The van der Waals surface area contributed by atoms with E-state index in [9.17, 15) is 19.7 Å². The van der Waals surface area contributed by atoms with Crippen LogP contribution in [0.25, 0.3) is 0 Å². The van der Waals surface area contributed by atoms with Crippen LogP contribution >= 0.6 is 11.6 Å². The molecule has 1 amide bonds. The molecule has 3 rings (SSSR count).